The van der Waals surface area contributed by atoms with E-state index in [9.17, 15) is 9.59 Å². The number of aromatic nitrogens is 1. The van der Waals surface area contributed by atoms with E-state index in [2.05, 4.69) is 10.3 Å². The van der Waals surface area contributed by atoms with E-state index in [1.165, 1.54) is 13.3 Å². The molecule has 0 saturated carbocycles. The van der Waals surface area contributed by atoms with E-state index in [4.69, 9.17) is 16.3 Å². The summed E-state index contributed by atoms with van der Waals surface area (Å²) in [5.41, 5.74) is 0.0858. The number of halogens is 1. The molecule has 0 aromatic carbocycles. The van der Waals surface area contributed by atoms with E-state index in [1.807, 2.05) is 0 Å². The Balaban J connectivity index is 2.83. The average Bonchev–Trinajstić information content (AvgIpc) is 2.26. The van der Waals surface area contributed by atoms with Crippen LogP contribution in [0.2, 0.25) is 0 Å². The molecular formula is C9H11ClN2O3. The van der Waals surface area contributed by atoms with Crippen LogP contribution in [0.3, 0.4) is 0 Å². The zero-order valence-electron chi connectivity index (χ0n) is 8.17. The number of rotatable bonds is 4. The number of pyridine rings is 1. The van der Waals surface area contributed by atoms with Gasteiger partial charge in [-0.05, 0) is 6.07 Å². The first-order valence-corrected chi connectivity index (χ1v) is 4.79. The first-order valence-electron chi connectivity index (χ1n) is 4.26. The zero-order valence-corrected chi connectivity index (χ0v) is 8.93. The van der Waals surface area contributed by atoms with E-state index < -0.39 is 0 Å². The smallest absolute Gasteiger partial charge is 0.256 e. The Labute approximate surface area is 91.4 Å². The lowest BCUT2D eigenvalue weighted by atomic mass is 10.2. The van der Waals surface area contributed by atoms with Gasteiger partial charge in [0.05, 0.1) is 19.2 Å². The molecule has 1 aromatic heterocycles. The molecule has 0 fully saturated rings. The molecule has 0 aliphatic rings. The molecule has 1 rings (SSSR count). The molecule has 1 aromatic rings. The fourth-order valence-corrected chi connectivity index (χ4v) is 1.18. The molecule has 0 spiro atoms. The van der Waals surface area contributed by atoms with Crippen LogP contribution in [0.15, 0.2) is 17.1 Å². The van der Waals surface area contributed by atoms with Gasteiger partial charge in [0.2, 0.25) is 5.91 Å². The molecule has 6 heteroatoms. The third kappa shape index (κ3) is 2.99. The van der Waals surface area contributed by atoms with E-state index in [1.54, 1.807) is 6.07 Å². The molecule has 1 heterocycles. The highest BCUT2D eigenvalue weighted by Crippen LogP contribution is 2.11. The first kappa shape index (κ1) is 11.6. The predicted molar refractivity (Wildman–Crippen MR) is 56.2 cm³/mol. The molecule has 82 valence electrons. The summed E-state index contributed by atoms with van der Waals surface area (Å²) in [5, 5.41) is 2.49. The highest BCUT2D eigenvalue weighted by molar-refractivity contribution is 6.27. The van der Waals surface area contributed by atoms with Crippen LogP contribution in [-0.4, -0.2) is 23.9 Å². The van der Waals surface area contributed by atoms with Gasteiger partial charge in [-0.1, -0.05) is 0 Å². The lowest BCUT2D eigenvalue weighted by Gasteiger charge is -2.07. The fourth-order valence-electron chi connectivity index (χ4n) is 1.09. The summed E-state index contributed by atoms with van der Waals surface area (Å²) in [6, 6.07) is 1.61. The normalized spacial score (nSPS) is 9.73. The van der Waals surface area contributed by atoms with Gasteiger partial charge in [0.15, 0.2) is 0 Å². The molecule has 0 saturated heterocycles. The molecule has 0 atom stereocenters. The van der Waals surface area contributed by atoms with Crippen LogP contribution in [0.5, 0.6) is 5.75 Å². The Morgan fingerprint density at radius 1 is 1.67 bits per heavy atom. The first-order chi connectivity index (χ1) is 7.19. The molecule has 0 unspecified atom stereocenters. The Bertz CT molecular complexity index is 403. The van der Waals surface area contributed by atoms with Crippen LogP contribution in [0.1, 0.15) is 5.56 Å². The van der Waals surface area contributed by atoms with Crippen molar-refractivity contribution in [1.29, 1.82) is 0 Å². The maximum Gasteiger partial charge on any atom is 0.256 e. The number of hydrogen-bond donors (Lipinski definition) is 2. The SMILES string of the molecule is COc1cc[nH]c(=O)c1CNC(=O)CCl. The predicted octanol–water partition coefficient (Wildman–Crippen LogP) is 0.238. The Hall–Kier alpha value is -1.49. The molecule has 2 N–H and O–H groups in total. The van der Waals surface area contributed by atoms with Crippen LogP contribution in [0, 0.1) is 0 Å². The third-order valence-corrected chi connectivity index (χ3v) is 2.07. The van der Waals surface area contributed by atoms with Gasteiger partial charge in [-0.2, -0.15) is 0 Å². The van der Waals surface area contributed by atoms with E-state index in [0.717, 1.165) is 0 Å². The van der Waals surface area contributed by atoms with Crippen molar-refractivity contribution in [3.05, 3.63) is 28.2 Å². The molecular weight excluding hydrogens is 220 g/mol. The molecule has 0 bridgehead atoms. The summed E-state index contributed by atoms with van der Waals surface area (Å²) in [5.74, 6) is -0.0249. The summed E-state index contributed by atoms with van der Waals surface area (Å²) in [7, 11) is 1.46. The van der Waals surface area contributed by atoms with E-state index >= 15 is 0 Å². The number of nitrogens with one attached hydrogen (secondary N) is 2. The van der Waals surface area contributed by atoms with Crippen molar-refractivity contribution in [2.45, 2.75) is 6.54 Å². The number of aromatic amines is 1. The van der Waals surface area contributed by atoms with E-state index in [-0.39, 0.29) is 23.9 Å². The summed E-state index contributed by atoms with van der Waals surface area (Å²) in [6.45, 7) is 0.102. The third-order valence-electron chi connectivity index (χ3n) is 1.82. The average molecular weight is 231 g/mol. The molecule has 0 radical (unpaired) electrons. The number of H-pyrrole nitrogens is 1. The van der Waals surface area contributed by atoms with Crippen LogP contribution in [-0.2, 0) is 11.3 Å². The largest absolute Gasteiger partial charge is 0.496 e. The monoisotopic (exact) mass is 230 g/mol. The number of ether oxygens (including phenoxy) is 1. The summed E-state index contributed by atoms with van der Waals surface area (Å²) in [6.07, 6.45) is 1.48. The number of hydrogen-bond acceptors (Lipinski definition) is 3. The lowest BCUT2D eigenvalue weighted by molar-refractivity contribution is -0.118. The van der Waals surface area contributed by atoms with Crippen LogP contribution in [0.25, 0.3) is 0 Å². The van der Waals surface area contributed by atoms with Crippen LogP contribution >= 0.6 is 11.6 Å². The molecule has 1 amide bonds. The van der Waals surface area contributed by atoms with Crippen molar-refractivity contribution < 1.29 is 9.53 Å². The zero-order chi connectivity index (χ0) is 11.3. The highest BCUT2D eigenvalue weighted by Gasteiger charge is 2.08. The molecule has 15 heavy (non-hydrogen) atoms. The Kier molecular flexibility index (Phi) is 4.17. The number of carbonyl (C=O) groups is 1. The Morgan fingerprint density at radius 3 is 3.00 bits per heavy atom. The Morgan fingerprint density at radius 2 is 2.40 bits per heavy atom. The summed E-state index contributed by atoms with van der Waals surface area (Å²) in [4.78, 5) is 24.8. The minimum Gasteiger partial charge on any atom is -0.496 e. The van der Waals surface area contributed by atoms with Crippen molar-refractivity contribution in [2.75, 3.05) is 13.0 Å². The van der Waals surface area contributed by atoms with E-state index in [0.29, 0.717) is 11.3 Å². The number of amides is 1. The molecule has 0 aliphatic heterocycles. The number of methoxy groups -OCH3 is 1. The maximum atomic E-state index is 11.4. The number of carbonyl (C=O) groups excluding carboxylic acids is 1. The highest BCUT2D eigenvalue weighted by atomic mass is 35.5. The fraction of sp³-hybridized carbons (Fsp3) is 0.333. The van der Waals surface area contributed by atoms with Crippen LogP contribution in [0.4, 0.5) is 0 Å². The second kappa shape index (κ2) is 5.41. The van der Waals surface area contributed by atoms with Crippen molar-refractivity contribution in [3.63, 3.8) is 0 Å². The second-order valence-electron chi connectivity index (χ2n) is 2.76. The minimum absolute atomic E-state index is 0.102. The standard InChI is InChI=1S/C9H11ClN2O3/c1-15-7-2-3-11-9(14)6(7)5-12-8(13)4-10/h2-3H,4-5H2,1H3,(H,11,14)(H,12,13). The van der Waals surface area contributed by atoms with Gasteiger partial charge in [-0.25, -0.2) is 0 Å². The van der Waals surface area contributed by atoms with Gasteiger partial charge in [-0.15, -0.1) is 11.6 Å². The quantitative estimate of drug-likeness (QED) is 0.728. The number of alkyl halides is 1. The summed E-state index contributed by atoms with van der Waals surface area (Å²) >= 11 is 5.30. The second-order valence-corrected chi connectivity index (χ2v) is 3.03. The van der Waals surface area contributed by atoms with Gasteiger partial charge in [-0.3, -0.25) is 9.59 Å². The van der Waals surface area contributed by atoms with Gasteiger partial charge < -0.3 is 15.0 Å². The van der Waals surface area contributed by atoms with Gasteiger partial charge in [0, 0.05) is 6.20 Å². The summed E-state index contributed by atoms with van der Waals surface area (Å²) < 4.78 is 4.99. The van der Waals surface area contributed by atoms with Gasteiger partial charge in [0.25, 0.3) is 5.56 Å². The maximum absolute atomic E-state index is 11.4. The lowest BCUT2D eigenvalue weighted by Crippen LogP contribution is -2.27. The van der Waals surface area contributed by atoms with Crippen molar-refractivity contribution in [3.8, 4) is 5.75 Å². The topological polar surface area (TPSA) is 71.2 Å². The van der Waals surface area contributed by atoms with Crippen molar-refractivity contribution >= 4 is 17.5 Å². The molecule has 5 nitrogen and oxygen atoms in total. The minimum atomic E-state index is -0.332. The van der Waals surface area contributed by atoms with Gasteiger partial charge >= 0.3 is 0 Å². The van der Waals surface area contributed by atoms with Crippen LogP contribution < -0.4 is 15.6 Å². The van der Waals surface area contributed by atoms with Gasteiger partial charge in [0.1, 0.15) is 11.6 Å². The van der Waals surface area contributed by atoms with Crippen molar-refractivity contribution in [1.82, 2.24) is 10.3 Å². The molecule has 0 aliphatic carbocycles. The van der Waals surface area contributed by atoms with Crippen molar-refractivity contribution in [2.24, 2.45) is 0 Å².